The number of esters is 1. The summed E-state index contributed by atoms with van der Waals surface area (Å²) in [5.74, 6) is -0.250. The van der Waals surface area contributed by atoms with Crippen LogP contribution in [-0.2, 0) is 22.5 Å². The van der Waals surface area contributed by atoms with Crippen molar-refractivity contribution >= 4 is 32.1 Å². The summed E-state index contributed by atoms with van der Waals surface area (Å²) in [4.78, 5) is 16.7. The van der Waals surface area contributed by atoms with Crippen LogP contribution in [0.2, 0.25) is 5.02 Å². The molecule has 0 spiro atoms. The third-order valence-corrected chi connectivity index (χ3v) is 6.32. The van der Waals surface area contributed by atoms with Crippen molar-refractivity contribution in [1.82, 2.24) is 4.90 Å². The Labute approximate surface area is 135 Å². The SMILES string of the molecule is COC(=O)[C@H](c1ccccc1Cl)N1CCc2[se]ccc2C1. The number of fused-ring (bicyclic) bond motifs is 1. The van der Waals surface area contributed by atoms with Gasteiger partial charge in [-0.1, -0.05) is 0 Å². The first kappa shape index (κ1) is 14.9. The fourth-order valence-electron chi connectivity index (χ4n) is 2.77. The Balaban J connectivity index is 1.94. The van der Waals surface area contributed by atoms with Crippen LogP contribution < -0.4 is 0 Å². The molecule has 0 bridgehead atoms. The summed E-state index contributed by atoms with van der Waals surface area (Å²) in [6.45, 7) is 1.66. The van der Waals surface area contributed by atoms with E-state index in [9.17, 15) is 4.79 Å². The monoisotopic (exact) mass is 369 g/mol. The number of nitrogens with zero attached hydrogens (tertiary/aromatic N) is 1. The molecule has 1 aromatic carbocycles. The minimum absolute atomic E-state index is 0.250. The molecule has 0 radical (unpaired) electrons. The molecular weight excluding hydrogens is 353 g/mol. The molecule has 0 aliphatic carbocycles. The van der Waals surface area contributed by atoms with Crippen LogP contribution in [0, 0.1) is 0 Å². The maximum absolute atomic E-state index is 12.3. The van der Waals surface area contributed by atoms with Crippen molar-refractivity contribution in [2.75, 3.05) is 13.7 Å². The second kappa shape index (κ2) is 6.37. The van der Waals surface area contributed by atoms with Gasteiger partial charge in [0.05, 0.1) is 0 Å². The Hall–Kier alpha value is -1.06. The number of hydrogen-bond donors (Lipinski definition) is 0. The van der Waals surface area contributed by atoms with E-state index in [1.54, 1.807) is 4.44 Å². The van der Waals surface area contributed by atoms with Crippen molar-refractivity contribution in [3.8, 4) is 0 Å². The van der Waals surface area contributed by atoms with Crippen molar-refractivity contribution < 1.29 is 9.53 Å². The molecule has 1 aliphatic rings. The van der Waals surface area contributed by atoms with Crippen molar-refractivity contribution in [3.05, 3.63) is 55.9 Å². The zero-order valence-electron chi connectivity index (χ0n) is 11.7. The van der Waals surface area contributed by atoms with Crippen LogP contribution in [0.25, 0.3) is 0 Å². The first-order valence-corrected chi connectivity index (χ1v) is 9.04. The number of hydrogen-bond acceptors (Lipinski definition) is 3. The molecule has 5 heteroatoms. The van der Waals surface area contributed by atoms with Gasteiger partial charge in [-0.05, 0) is 0 Å². The second-order valence-electron chi connectivity index (χ2n) is 5.04. The molecule has 21 heavy (non-hydrogen) atoms. The number of carbonyl (C=O) groups is 1. The predicted molar refractivity (Wildman–Crippen MR) is 83.7 cm³/mol. The molecule has 1 aliphatic heterocycles. The zero-order valence-corrected chi connectivity index (χ0v) is 14.2. The van der Waals surface area contributed by atoms with Gasteiger partial charge < -0.3 is 0 Å². The molecule has 0 saturated heterocycles. The molecule has 0 amide bonds. The molecular formula is C16H16ClNO2Se. The van der Waals surface area contributed by atoms with Gasteiger partial charge in [0, 0.05) is 0 Å². The summed E-state index contributed by atoms with van der Waals surface area (Å²) in [5, 5.41) is 0.610. The molecule has 0 saturated carbocycles. The van der Waals surface area contributed by atoms with Gasteiger partial charge in [-0.25, -0.2) is 0 Å². The molecule has 3 nitrogen and oxygen atoms in total. The average Bonchev–Trinajstić information content (AvgIpc) is 2.97. The molecule has 110 valence electrons. The van der Waals surface area contributed by atoms with Crippen LogP contribution in [0.5, 0.6) is 0 Å². The van der Waals surface area contributed by atoms with Gasteiger partial charge in [0.25, 0.3) is 0 Å². The quantitative estimate of drug-likeness (QED) is 0.616. The van der Waals surface area contributed by atoms with E-state index in [0.29, 0.717) is 19.5 Å². The third-order valence-electron chi connectivity index (χ3n) is 3.83. The van der Waals surface area contributed by atoms with E-state index in [1.807, 2.05) is 24.3 Å². The van der Waals surface area contributed by atoms with Gasteiger partial charge in [-0.15, -0.1) is 0 Å². The fraction of sp³-hybridized carbons (Fsp3) is 0.312. The first-order valence-electron chi connectivity index (χ1n) is 6.82. The van der Waals surface area contributed by atoms with Gasteiger partial charge in [-0.2, -0.15) is 0 Å². The Bertz CT molecular complexity index is 655. The van der Waals surface area contributed by atoms with Crippen molar-refractivity contribution in [2.24, 2.45) is 0 Å². The second-order valence-corrected chi connectivity index (χ2v) is 7.54. The topological polar surface area (TPSA) is 29.5 Å². The maximum atomic E-state index is 12.3. The number of rotatable bonds is 3. The predicted octanol–water partition coefficient (Wildman–Crippen LogP) is 2.67. The van der Waals surface area contributed by atoms with E-state index in [4.69, 9.17) is 16.3 Å². The summed E-state index contributed by atoms with van der Waals surface area (Å²) in [6.07, 6.45) is 1.03. The van der Waals surface area contributed by atoms with Gasteiger partial charge in [0.2, 0.25) is 0 Å². The Morgan fingerprint density at radius 3 is 2.95 bits per heavy atom. The summed E-state index contributed by atoms with van der Waals surface area (Å²) < 4.78 is 6.57. The molecule has 0 N–H and O–H groups in total. The Morgan fingerprint density at radius 1 is 1.38 bits per heavy atom. The van der Waals surface area contributed by atoms with E-state index in [2.05, 4.69) is 15.9 Å². The number of carbonyl (C=O) groups excluding carboxylic acids is 1. The van der Waals surface area contributed by atoms with Gasteiger partial charge in [0.1, 0.15) is 0 Å². The molecule has 1 atom stereocenters. The molecule has 0 fully saturated rings. The number of benzene rings is 1. The molecule has 3 rings (SSSR count). The Morgan fingerprint density at radius 2 is 2.19 bits per heavy atom. The molecule has 2 aromatic rings. The van der Waals surface area contributed by atoms with E-state index in [-0.39, 0.29) is 5.97 Å². The van der Waals surface area contributed by atoms with Crippen LogP contribution in [0.4, 0.5) is 0 Å². The number of halogens is 1. The third kappa shape index (κ3) is 2.95. The van der Waals surface area contributed by atoms with Crippen LogP contribution in [0.15, 0.2) is 35.3 Å². The summed E-state index contributed by atoms with van der Waals surface area (Å²) >= 11 is 6.80. The van der Waals surface area contributed by atoms with Crippen molar-refractivity contribution in [3.63, 3.8) is 0 Å². The number of ether oxygens (including phenoxy) is 1. The van der Waals surface area contributed by atoms with E-state index in [1.165, 1.54) is 12.7 Å². The first-order chi connectivity index (χ1) is 10.2. The van der Waals surface area contributed by atoms with Crippen LogP contribution in [-0.4, -0.2) is 39.0 Å². The molecule has 2 heterocycles. The molecule has 0 unspecified atom stereocenters. The summed E-state index contributed by atoms with van der Waals surface area (Å²) in [7, 11) is 1.43. The van der Waals surface area contributed by atoms with Gasteiger partial charge >= 0.3 is 135 Å². The number of methoxy groups -OCH3 is 1. The fourth-order valence-corrected chi connectivity index (χ4v) is 4.88. The van der Waals surface area contributed by atoms with E-state index < -0.39 is 6.04 Å². The normalized spacial score (nSPS) is 16.3. The average molecular weight is 369 g/mol. The van der Waals surface area contributed by atoms with Gasteiger partial charge in [-0.3, -0.25) is 0 Å². The Kier molecular flexibility index (Phi) is 4.51. The summed E-state index contributed by atoms with van der Waals surface area (Å²) in [6, 6.07) is 9.27. The molecule has 1 aromatic heterocycles. The van der Waals surface area contributed by atoms with Crippen LogP contribution >= 0.6 is 11.6 Å². The van der Waals surface area contributed by atoms with E-state index in [0.717, 1.165) is 25.1 Å². The van der Waals surface area contributed by atoms with Gasteiger partial charge in [0.15, 0.2) is 0 Å². The van der Waals surface area contributed by atoms with E-state index >= 15 is 0 Å². The van der Waals surface area contributed by atoms with Crippen molar-refractivity contribution in [1.29, 1.82) is 0 Å². The zero-order chi connectivity index (χ0) is 14.8. The standard InChI is InChI=1S/C16H16ClNO2Se/c1-20-16(19)15(12-4-2-3-5-13(12)17)18-8-6-14-11(10-18)7-9-21-14/h2-5,7,9,15H,6,8,10H2,1H3/t15-/m0/s1. The minimum atomic E-state index is -0.431. The van der Waals surface area contributed by atoms with Crippen LogP contribution in [0.1, 0.15) is 21.6 Å². The summed E-state index contributed by atoms with van der Waals surface area (Å²) in [5.41, 5.74) is 2.18. The van der Waals surface area contributed by atoms with Crippen LogP contribution in [0.3, 0.4) is 0 Å². The van der Waals surface area contributed by atoms with Crippen molar-refractivity contribution in [2.45, 2.75) is 19.0 Å².